The molecule has 3 heterocycles. The van der Waals surface area contributed by atoms with Gasteiger partial charge in [0.15, 0.2) is 0 Å². The second-order valence-corrected chi connectivity index (χ2v) is 6.75. The number of nitrogens with zero attached hydrogens (tertiary/aromatic N) is 3. The molecule has 0 fully saturated rings. The number of pyridine rings is 1. The third-order valence-corrected chi connectivity index (χ3v) is 4.54. The first-order valence-corrected chi connectivity index (χ1v) is 9.11. The van der Waals surface area contributed by atoms with Crippen molar-refractivity contribution in [2.45, 2.75) is 26.9 Å². The maximum atomic E-state index is 12.6. The van der Waals surface area contributed by atoms with E-state index in [1.807, 2.05) is 25.1 Å². The molecule has 0 aromatic carbocycles. The Labute approximate surface area is 164 Å². The van der Waals surface area contributed by atoms with E-state index in [-0.39, 0.29) is 12.2 Å². The third-order valence-electron chi connectivity index (χ3n) is 4.11. The highest BCUT2D eigenvalue weighted by molar-refractivity contribution is 9.10. The van der Waals surface area contributed by atoms with Crippen molar-refractivity contribution in [3.63, 3.8) is 0 Å². The van der Waals surface area contributed by atoms with E-state index < -0.39 is 11.9 Å². The minimum atomic E-state index is -0.554. The fourth-order valence-electron chi connectivity index (χ4n) is 2.92. The summed E-state index contributed by atoms with van der Waals surface area (Å²) in [7, 11) is 1.31. The van der Waals surface area contributed by atoms with Crippen molar-refractivity contribution in [1.82, 2.24) is 14.6 Å². The maximum absolute atomic E-state index is 12.6. The Morgan fingerprint density at radius 2 is 2.04 bits per heavy atom. The van der Waals surface area contributed by atoms with E-state index in [0.717, 1.165) is 27.7 Å². The lowest BCUT2D eigenvalue weighted by molar-refractivity contribution is -0.142. The van der Waals surface area contributed by atoms with Crippen LogP contribution in [0.25, 0.3) is 16.6 Å². The van der Waals surface area contributed by atoms with Gasteiger partial charge in [0.25, 0.3) is 0 Å². The van der Waals surface area contributed by atoms with Gasteiger partial charge >= 0.3 is 11.9 Å². The van der Waals surface area contributed by atoms with Crippen molar-refractivity contribution in [3.8, 4) is 11.1 Å². The van der Waals surface area contributed by atoms with Crippen LogP contribution in [0.5, 0.6) is 0 Å². The van der Waals surface area contributed by atoms with E-state index in [1.165, 1.54) is 14.0 Å². The van der Waals surface area contributed by atoms with Crippen LogP contribution in [0.2, 0.25) is 0 Å². The Kier molecular flexibility index (Phi) is 5.55. The summed E-state index contributed by atoms with van der Waals surface area (Å²) in [6.45, 7) is 3.19. The van der Waals surface area contributed by atoms with Crippen LogP contribution in [0.4, 0.5) is 0 Å². The number of esters is 2. The Hall–Kier alpha value is -2.74. The van der Waals surface area contributed by atoms with Crippen LogP contribution in [-0.4, -0.2) is 33.6 Å². The Bertz CT molecular complexity index is 1030. The van der Waals surface area contributed by atoms with Crippen LogP contribution in [-0.2, 0) is 27.3 Å². The summed E-state index contributed by atoms with van der Waals surface area (Å²) in [5.74, 6) is -1.01. The van der Waals surface area contributed by atoms with Gasteiger partial charge in [-0.05, 0) is 40.5 Å². The molecule has 0 spiro atoms. The number of fused-ring (bicyclic) bond motifs is 1. The molecular weight excluding hydrogens is 414 g/mol. The minimum absolute atomic E-state index is 0.133. The van der Waals surface area contributed by atoms with Crippen molar-refractivity contribution in [3.05, 3.63) is 52.0 Å². The first kappa shape index (κ1) is 19.0. The summed E-state index contributed by atoms with van der Waals surface area (Å²) >= 11 is 3.42. The number of aryl methyl sites for hydroxylation is 1. The van der Waals surface area contributed by atoms with Gasteiger partial charge < -0.3 is 9.47 Å². The molecule has 0 aliphatic rings. The molecule has 140 valence electrons. The zero-order valence-corrected chi connectivity index (χ0v) is 16.7. The lowest BCUT2D eigenvalue weighted by atomic mass is 10.00. The number of hydrogen-bond donors (Lipinski definition) is 0. The van der Waals surface area contributed by atoms with Gasteiger partial charge in [-0.3, -0.25) is 9.78 Å². The zero-order chi connectivity index (χ0) is 19.6. The van der Waals surface area contributed by atoms with E-state index >= 15 is 0 Å². The third kappa shape index (κ3) is 3.71. The van der Waals surface area contributed by atoms with Crippen LogP contribution in [0.15, 0.2) is 35.1 Å². The molecule has 0 aliphatic carbocycles. The summed E-state index contributed by atoms with van der Waals surface area (Å²) in [4.78, 5) is 28.2. The molecule has 8 heteroatoms. The second-order valence-electron chi connectivity index (χ2n) is 5.84. The van der Waals surface area contributed by atoms with Crippen LogP contribution in [0.1, 0.15) is 35.6 Å². The summed E-state index contributed by atoms with van der Waals surface area (Å²) in [6.07, 6.45) is 4.08. The van der Waals surface area contributed by atoms with E-state index in [4.69, 9.17) is 9.47 Å². The lowest BCUT2D eigenvalue weighted by Crippen LogP contribution is -2.16. The van der Waals surface area contributed by atoms with Crippen LogP contribution in [0, 0.1) is 0 Å². The molecule has 0 unspecified atom stereocenters. The maximum Gasteiger partial charge on any atom is 0.340 e. The highest BCUT2D eigenvalue weighted by Crippen LogP contribution is 2.33. The summed E-state index contributed by atoms with van der Waals surface area (Å²) in [6, 6.07) is 5.72. The number of carbonyl (C=O) groups is 2. The average Bonchev–Trinajstić information content (AvgIpc) is 3.07. The van der Waals surface area contributed by atoms with Crippen molar-refractivity contribution < 1.29 is 19.1 Å². The van der Waals surface area contributed by atoms with Crippen molar-refractivity contribution in [2.24, 2.45) is 0 Å². The zero-order valence-electron chi connectivity index (χ0n) is 15.2. The first-order chi connectivity index (χ1) is 13.0. The fourth-order valence-corrected chi connectivity index (χ4v) is 3.29. The molecule has 27 heavy (non-hydrogen) atoms. The van der Waals surface area contributed by atoms with Gasteiger partial charge in [-0.1, -0.05) is 6.92 Å². The fraction of sp³-hybridized carbons (Fsp3) is 0.263. The Balaban J connectivity index is 2.38. The number of aromatic nitrogens is 3. The highest BCUT2D eigenvalue weighted by atomic mass is 79.9. The van der Waals surface area contributed by atoms with Gasteiger partial charge in [-0.25, -0.2) is 9.31 Å². The molecule has 3 aromatic heterocycles. The normalized spacial score (nSPS) is 10.8. The molecule has 0 radical (unpaired) electrons. The highest BCUT2D eigenvalue weighted by Gasteiger charge is 2.25. The predicted octanol–water partition coefficient (Wildman–Crippen LogP) is 3.57. The quantitative estimate of drug-likeness (QED) is 0.574. The SMILES string of the molecule is CCc1ccc2c(-c3cncc(Br)c3)c(C(=O)OC)c(COC(C)=O)nn12. The molecule has 0 bridgehead atoms. The van der Waals surface area contributed by atoms with E-state index in [1.54, 1.807) is 16.9 Å². The average molecular weight is 432 g/mol. The lowest BCUT2D eigenvalue weighted by Gasteiger charge is -2.16. The van der Waals surface area contributed by atoms with E-state index in [9.17, 15) is 9.59 Å². The molecule has 0 aliphatic heterocycles. The number of rotatable bonds is 5. The first-order valence-electron chi connectivity index (χ1n) is 8.32. The molecule has 0 saturated heterocycles. The molecular formula is C19H18BrN3O4. The van der Waals surface area contributed by atoms with Crippen LogP contribution >= 0.6 is 15.9 Å². The van der Waals surface area contributed by atoms with Gasteiger partial charge in [0.2, 0.25) is 0 Å². The monoisotopic (exact) mass is 431 g/mol. The number of halogens is 1. The van der Waals surface area contributed by atoms with Crippen LogP contribution < -0.4 is 0 Å². The minimum Gasteiger partial charge on any atom is -0.465 e. The van der Waals surface area contributed by atoms with E-state index in [2.05, 4.69) is 26.0 Å². The van der Waals surface area contributed by atoms with Crippen molar-refractivity contribution in [2.75, 3.05) is 7.11 Å². The van der Waals surface area contributed by atoms with Gasteiger partial charge in [-0.15, -0.1) is 0 Å². The van der Waals surface area contributed by atoms with Crippen molar-refractivity contribution >= 4 is 33.4 Å². The smallest absolute Gasteiger partial charge is 0.340 e. The molecule has 0 N–H and O–H groups in total. The van der Waals surface area contributed by atoms with Gasteiger partial charge in [0.1, 0.15) is 12.3 Å². The largest absolute Gasteiger partial charge is 0.465 e. The standard InChI is InChI=1S/C19H18BrN3O4/c1-4-14-5-6-16-17(12-7-13(20)9-21-8-12)18(19(25)26-3)15(22-23(14)16)10-27-11(2)24/h5-9H,4,10H2,1-3H3. The van der Waals surface area contributed by atoms with E-state index in [0.29, 0.717) is 11.3 Å². The molecule has 7 nitrogen and oxygen atoms in total. The predicted molar refractivity (Wildman–Crippen MR) is 102 cm³/mol. The Morgan fingerprint density at radius 1 is 1.26 bits per heavy atom. The molecule has 0 amide bonds. The van der Waals surface area contributed by atoms with Gasteiger partial charge in [0, 0.05) is 40.6 Å². The van der Waals surface area contributed by atoms with Gasteiger partial charge in [0.05, 0.1) is 18.2 Å². The van der Waals surface area contributed by atoms with Gasteiger partial charge in [-0.2, -0.15) is 5.10 Å². The number of ether oxygens (including phenoxy) is 2. The topological polar surface area (TPSA) is 82.8 Å². The second kappa shape index (κ2) is 7.87. The Morgan fingerprint density at radius 3 is 2.67 bits per heavy atom. The molecule has 3 rings (SSSR count). The summed E-state index contributed by atoms with van der Waals surface area (Å²) in [5, 5.41) is 4.56. The number of methoxy groups -OCH3 is 1. The molecule has 0 saturated carbocycles. The summed E-state index contributed by atoms with van der Waals surface area (Å²) in [5.41, 5.74) is 3.65. The molecule has 3 aromatic rings. The number of hydrogen-bond acceptors (Lipinski definition) is 6. The number of carbonyl (C=O) groups excluding carboxylic acids is 2. The summed E-state index contributed by atoms with van der Waals surface area (Å²) < 4.78 is 12.7. The van der Waals surface area contributed by atoms with Crippen molar-refractivity contribution in [1.29, 1.82) is 0 Å². The van der Waals surface area contributed by atoms with Crippen LogP contribution in [0.3, 0.4) is 0 Å². The molecule has 0 atom stereocenters.